The highest BCUT2D eigenvalue weighted by Crippen LogP contribution is 2.44. The van der Waals surface area contributed by atoms with E-state index >= 15 is 0 Å². The van der Waals surface area contributed by atoms with Crippen LogP contribution >= 0.6 is 0 Å². The van der Waals surface area contributed by atoms with Gasteiger partial charge in [-0.05, 0) is 37.1 Å². The van der Waals surface area contributed by atoms with Gasteiger partial charge in [0.05, 0.1) is 32.3 Å². The maximum Gasteiger partial charge on any atom is 0.309 e. The second-order valence-corrected chi connectivity index (χ2v) is 6.54. The van der Waals surface area contributed by atoms with E-state index in [1.54, 1.807) is 25.1 Å². The van der Waals surface area contributed by atoms with Crippen LogP contribution in [0.4, 0.5) is 11.5 Å². The molecule has 1 aliphatic rings. The largest absolute Gasteiger partial charge is 0.496 e. The Labute approximate surface area is 169 Å². The van der Waals surface area contributed by atoms with Crippen molar-refractivity contribution in [2.75, 3.05) is 38.8 Å². The predicted molar refractivity (Wildman–Crippen MR) is 108 cm³/mol. The minimum atomic E-state index is -0.178. The highest BCUT2D eigenvalue weighted by atomic mass is 16.5. The average Bonchev–Trinajstić information content (AvgIpc) is 2.78. The molecule has 0 N–H and O–H groups in total. The second-order valence-electron chi connectivity index (χ2n) is 6.54. The third kappa shape index (κ3) is 4.13. The molecule has 0 spiro atoms. The molecular weight excluding hydrogens is 376 g/mol. The van der Waals surface area contributed by atoms with E-state index in [1.165, 1.54) is 20.5 Å². The topological polar surface area (TPSA) is 103 Å². The molecule has 1 aromatic carbocycles. The van der Waals surface area contributed by atoms with Crippen molar-refractivity contribution in [3.63, 3.8) is 0 Å². The normalized spacial score (nSPS) is 14.4. The summed E-state index contributed by atoms with van der Waals surface area (Å²) in [5, 5.41) is 3.24. The van der Waals surface area contributed by atoms with Crippen LogP contribution in [0.25, 0.3) is 11.3 Å². The van der Waals surface area contributed by atoms with Gasteiger partial charge in [0, 0.05) is 13.1 Å². The van der Waals surface area contributed by atoms with Crippen LogP contribution in [0.5, 0.6) is 11.5 Å². The lowest BCUT2D eigenvalue weighted by Gasteiger charge is -2.32. The molecule has 0 aliphatic carbocycles. The molecule has 2 aromatic rings. The fourth-order valence-corrected chi connectivity index (χ4v) is 3.54. The molecule has 1 saturated heterocycles. The highest BCUT2D eigenvalue weighted by molar-refractivity contribution is 5.86. The Kier molecular flexibility index (Phi) is 6.58. The number of ether oxygens (including phenoxy) is 3. The number of nitroso groups, excluding NO2 is 1. The van der Waals surface area contributed by atoms with Crippen LogP contribution in [0, 0.1) is 10.8 Å². The van der Waals surface area contributed by atoms with E-state index in [1.807, 2.05) is 4.90 Å². The molecule has 29 heavy (non-hydrogen) atoms. The van der Waals surface area contributed by atoms with E-state index < -0.39 is 0 Å². The van der Waals surface area contributed by atoms with Crippen LogP contribution in [0.3, 0.4) is 0 Å². The van der Waals surface area contributed by atoms with Gasteiger partial charge < -0.3 is 19.1 Å². The van der Waals surface area contributed by atoms with Crippen molar-refractivity contribution in [2.24, 2.45) is 11.1 Å². The Morgan fingerprint density at radius 2 is 1.83 bits per heavy atom. The number of carbonyl (C=O) groups excluding carboxylic acids is 1. The van der Waals surface area contributed by atoms with Crippen molar-refractivity contribution in [3.05, 3.63) is 29.4 Å². The summed E-state index contributed by atoms with van der Waals surface area (Å²) in [6, 6.07) is 5.32. The summed E-state index contributed by atoms with van der Waals surface area (Å²) in [6.07, 6.45) is 2.63. The summed E-state index contributed by atoms with van der Waals surface area (Å²) in [6.45, 7) is 3.29. The number of benzene rings is 1. The summed E-state index contributed by atoms with van der Waals surface area (Å²) in [5.74, 6) is 1.14. The summed E-state index contributed by atoms with van der Waals surface area (Å²) in [5.41, 5.74) is 0.994. The first kappa shape index (κ1) is 20.5. The molecule has 0 saturated carbocycles. The SMILES string of the molecule is CCOC(=O)C1CCN(c2ncnc(-c3c(OC)cccc3OC)c2N=O)CC1. The fourth-order valence-electron chi connectivity index (χ4n) is 3.54. The maximum absolute atomic E-state index is 12.0. The van der Waals surface area contributed by atoms with Crippen molar-refractivity contribution < 1.29 is 19.0 Å². The molecule has 0 amide bonds. The molecule has 0 radical (unpaired) electrons. The number of piperidine rings is 1. The number of esters is 1. The Hall–Kier alpha value is -3.23. The Morgan fingerprint density at radius 1 is 1.17 bits per heavy atom. The number of nitrogens with zero attached hydrogens (tertiary/aromatic N) is 4. The smallest absolute Gasteiger partial charge is 0.309 e. The van der Waals surface area contributed by atoms with Crippen LogP contribution in [0.15, 0.2) is 29.7 Å². The van der Waals surface area contributed by atoms with Crippen molar-refractivity contribution in [3.8, 4) is 22.8 Å². The van der Waals surface area contributed by atoms with Gasteiger partial charge in [-0.1, -0.05) is 6.07 Å². The van der Waals surface area contributed by atoms with Gasteiger partial charge in [-0.2, -0.15) is 0 Å². The molecule has 2 heterocycles. The molecule has 9 nitrogen and oxygen atoms in total. The van der Waals surface area contributed by atoms with Crippen LogP contribution in [-0.2, 0) is 9.53 Å². The number of anilines is 1. The second kappa shape index (κ2) is 9.31. The molecular formula is C20H24N4O5. The van der Waals surface area contributed by atoms with Gasteiger partial charge in [0.15, 0.2) is 11.5 Å². The van der Waals surface area contributed by atoms with Crippen molar-refractivity contribution in [1.29, 1.82) is 0 Å². The zero-order chi connectivity index (χ0) is 20.8. The number of aromatic nitrogens is 2. The molecule has 9 heteroatoms. The fraction of sp³-hybridized carbons (Fsp3) is 0.450. The lowest BCUT2D eigenvalue weighted by Crippen LogP contribution is -2.37. The third-order valence-corrected chi connectivity index (χ3v) is 4.97. The van der Waals surface area contributed by atoms with E-state index in [-0.39, 0.29) is 17.6 Å². The van der Waals surface area contributed by atoms with Crippen LogP contribution in [-0.4, -0.2) is 49.9 Å². The molecule has 1 aromatic heterocycles. The molecule has 0 atom stereocenters. The van der Waals surface area contributed by atoms with Gasteiger partial charge in [0.25, 0.3) is 0 Å². The summed E-state index contributed by atoms with van der Waals surface area (Å²) in [7, 11) is 3.07. The minimum Gasteiger partial charge on any atom is -0.496 e. The monoisotopic (exact) mass is 400 g/mol. The van der Waals surface area contributed by atoms with Crippen molar-refractivity contribution in [1.82, 2.24) is 9.97 Å². The van der Waals surface area contributed by atoms with E-state index in [0.29, 0.717) is 61.1 Å². The van der Waals surface area contributed by atoms with E-state index in [4.69, 9.17) is 14.2 Å². The summed E-state index contributed by atoms with van der Waals surface area (Å²) in [4.78, 5) is 34.3. The molecule has 3 rings (SSSR count). The van der Waals surface area contributed by atoms with Crippen molar-refractivity contribution in [2.45, 2.75) is 19.8 Å². The third-order valence-electron chi connectivity index (χ3n) is 4.97. The standard InChI is InChI=1S/C20H24N4O5/c1-4-29-20(25)13-8-10-24(11-9-13)19-18(23-26)17(21-12-22-19)16-14(27-2)6-5-7-15(16)28-3/h5-7,12-13H,4,8-11H2,1-3H3. The van der Waals surface area contributed by atoms with E-state index in [2.05, 4.69) is 15.1 Å². The van der Waals surface area contributed by atoms with Gasteiger partial charge in [-0.25, -0.2) is 9.97 Å². The zero-order valence-electron chi connectivity index (χ0n) is 16.8. The molecule has 1 aliphatic heterocycles. The minimum absolute atomic E-state index is 0.116. The van der Waals surface area contributed by atoms with Crippen molar-refractivity contribution >= 4 is 17.5 Å². The summed E-state index contributed by atoms with van der Waals surface area (Å²) >= 11 is 0. The number of hydrogen-bond donors (Lipinski definition) is 0. The molecule has 154 valence electrons. The first-order chi connectivity index (χ1) is 14.1. The maximum atomic E-state index is 12.0. The van der Waals surface area contributed by atoms with Gasteiger partial charge in [0.1, 0.15) is 23.5 Å². The zero-order valence-corrected chi connectivity index (χ0v) is 16.8. The highest BCUT2D eigenvalue weighted by Gasteiger charge is 2.30. The average molecular weight is 400 g/mol. The number of methoxy groups -OCH3 is 2. The Morgan fingerprint density at radius 3 is 2.38 bits per heavy atom. The molecule has 1 fully saturated rings. The Bertz CT molecular complexity index is 859. The first-order valence-corrected chi connectivity index (χ1v) is 9.45. The van der Waals surface area contributed by atoms with Crippen LogP contribution in [0.2, 0.25) is 0 Å². The van der Waals surface area contributed by atoms with Crippen LogP contribution in [0.1, 0.15) is 19.8 Å². The predicted octanol–water partition coefficient (Wildman–Crippen LogP) is 3.34. The first-order valence-electron chi connectivity index (χ1n) is 9.45. The quantitative estimate of drug-likeness (QED) is 0.515. The number of hydrogen-bond acceptors (Lipinski definition) is 9. The van der Waals surface area contributed by atoms with E-state index in [9.17, 15) is 9.70 Å². The van der Waals surface area contributed by atoms with Gasteiger partial charge in [-0.15, -0.1) is 4.91 Å². The summed E-state index contributed by atoms with van der Waals surface area (Å²) < 4.78 is 16.0. The number of carbonyl (C=O) groups is 1. The lowest BCUT2D eigenvalue weighted by molar-refractivity contribution is -0.148. The van der Waals surface area contributed by atoms with E-state index in [0.717, 1.165) is 0 Å². The molecule has 0 unspecified atom stereocenters. The van der Waals surface area contributed by atoms with Gasteiger partial charge in [-0.3, -0.25) is 4.79 Å². The van der Waals surface area contributed by atoms with Crippen LogP contribution < -0.4 is 14.4 Å². The van der Waals surface area contributed by atoms with Gasteiger partial charge >= 0.3 is 5.97 Å². The van der Waals surface area contributed by atoms with Gasteiger partial charge in [0.2, 0.25) is 0 Å². The molecule has 0 bridgehead atoms. The lowest BCUT2D eigenvalue weighted by atomic mass is 9.97. The Balaban J connectivity index is 1.95. The number of rotatable bonds is 7.